The van der Waals surface area contributed by atoms with E-state index >= 15 is 0 Å². The van der Waals surface area contributed by atoms with Crippen molar-refractivity contribution in [3.8, 4) is 5.75 Å². The third-order valence-electron chi connectivity index (χ3n) is 7.85. The van der Waals surface area contributed by atoms with Crippen LogP contribution in [0.4, 0.5) is 0 Å². The smallest absolute Gasteiger partial charge is 0.246 e. The lowest BCUT2D eigenvalue weighted by Gasteiger charge is -2.35. The van der Waals surface area contributed by atoms with Crippen LogP contribution in [0.2, 0.25) is 0 Å². The van der Waals surface area contributed by atoms with Crippen LogP contribution in [0.1, 0.15) is 61.9 Å². The van der Waals surface area contributed by atoms with E-state index in [1.165, 1.54) is 6.42 Å². The zero-order valence-electron chi connectivity index (χ0n) is 22.3. The molecule has 202 valence electrons. The van der Waals surface area contributed by atoms with Crippen molar-refractivity contribution in [2.45, 2.75) is 63.5 Å². The molecule has 1 aliphatic rings. The van der Waals surface area contributed by atoms with Gasteiger partial charge in [-0.2, -0.15) is 0 Å². The van der Waals surface area contributed by atoms with Gasteiger partial charge in [0.05, 0.1) is 18.2 Å². The first-order chi connectivity index (χ1) is 18.9. The number of rotatable bonds is 9. The van der Waals surface area contributed by atoms with E-state index in [1.54, 1.807) is 37.4 Å². The molecular formula is C32H36N4O3. The standard InChI is InChI=1S/C32H36N4O3/c1-32(20-24-21-34-27-12-6-5-11-26(24)27,36-29(38)19-22-14-16-25(37)17-15-22)31(39)35-30(23-9-3-2-4-10-23)28-13-7-8-18-33-28/h5-8,11-18,21,23,30,34,37H,2-4,9-10,19-20H2,1H3,(H,35,39)(H,36,38). The number of nitrogens with one attached hydrogen (secondary N) is 3. The monoisotopic (exact) mass is 524 g/mol. The molecule has 0 radical (unpaired) electrons. The first-order valence-electron chi connectivity index (χ1n) is 13.8. The van der Waals surface area contributed by atoms with Gasteiger partial charge >= 0.3 is 0 Å². The number of aromatic hydroxyl groups is 1. The van der Waals surface area contributed by atoms with Crippen LogP contribution in [0.5, 0.6) is 5.75 Å². The molecule has 0 spiro atoms. The van der Waals surface area contributed by atoms with Crippen LogP contribution in [0, 0.1) is 5.92 Å². The summed E-state index contributed by atoms with van der Waals surface area (Å²) in [4.78, 5) is 35.4. The number of pyridine rings is 1. The van der Waals surface area contributed by atoms with Crippen molar-refractivity contribution in [2.24, 2.45) is 5.92 Å². The molecule has 2 atom stereocenters. The molecule has 4 aromatic rings. The number of H-pyrrole nitrogens is 1. The van der Waals surface area contributed by atoms with Crippen LogP contribution in [0.15, 0.2) is 79.1 Å². The summed E-state index contributed by atoms with van der Waals surface area (Å²) in [5.41, 5.74) is 2.34. The van der Waals surface area contributed by atoms with Crippen LogP contribution < -0.4 is 10.6 Å². The largest absolute Gasteiger partial charge is 0.508 e. The molecule has 4 N–H and O–H groups in total. The molecule has 7 nitrogen and oxygen atoms in total. The van der Waals surface area contributed by atoms with E-state index in [1.807, 2.05) is 48.7 Å². The Balaban J connectivity index is 1.43. The number of amides is 2. The van der Waals surface area contributed by atoms with E-state index < -0.39 is 5.54 Å². The van der Waals surface area contributed by atoms with Gasteiger partial charge < -0.3 is 20.7 Å². The van der Waals surface area contributed by atoms with Crippen molar-refractivity contribution in [1.29, 1.82) is 0 Å². The van der Waals surface area contributed by atoms with E-state index in [-0.39, 0.29) is 30.0 Å². The molecule has 1 aliphatic carbocycles. The maximum absolute atomic E-state index is 14.2. The van der Waals surface area contributed by atoms with Crippen LogP contribution in [0.25, 0.3) is 10.9 Å². The fourth-order valence-corrected chi connectivity index (χ4v) is 5.75. The number of para-hydroxylation sites is 1. The topological polar surface area (TPSA) is 107 Å². The lowest BCUT2D eigenvalue weighted by atomic mass is 9.81. The van der Waals surface area contributed by atoms with Gasteiger partial charge in [0.1, 0.15) is 11.3 Å². The van der Waals surface area contributed by atoms with E-state index in [4.69, 9.17) is 0 Å². The Hall–Kier alpha value is -4.13. The Morgan fingerprint density at radius 1 is 1.03 bits per heavy atom. The normalized spacial score (nSPS) is 16.3. The van der Waals surface area contributed by atoms with Gasteiger partial charge in [0, 0.05) is 29.7 Å². The lowest BCUT2D eigenvalue weighted by Crippen LogP contribution is -2.59. The summed E-state index contributed by atoms with van der Waals surface area (Å²) in [5, 5.41) is 17.0. The number of hydrogen-bond acceptors (Lipinski definition) is 4. The number of carbonyl (C=O) groups is 2. The Labute approximate surface area is 229 Å². The summed E-state index contributed by atoms with van der Waals surface area (Å²) >= 11 is 0. The summed E-state index contributed by atoms with van der Waals surface area (Å²) in [6, 6.07) is 20.1. The minimum atomic E-state index is -1.21. The highest BCUT2D eigenvalue weighted by Gasteiger charge is 2.39. The molecule has 2 heterocycles. The fourth-order valence-electron chi connectivity index (χ4n) is 5.75. The van der Waals surface area contributed by atoms with Gasteiger partial charge in [0.2, 0.25) is 11.8 Å². The summed E-state index contributed by atoms with van der Waals surface area (Å²) in [5.74, 6) is -0.0491. The minimum Gasteiger partial charge on any atom is -0.508 e. The number of phenolic OH excluding ortho intramolecular Hbond substituents is 1. The van der Waals surface area contributed by atoms with Crippen molar-refractivity contribution in [3.63, 3.8) is 0 Å². The molecule has 2 amide bonds. The molecule has 7 heteroatoms. The Morgan fingerprint density at radius 3 is 2.51 bits per heavy atom. The van der Waals surface area contributed by atoms with Gasteiger partial charge in [-0.3, -0.25) is 14.6 Å². The molecule has 2 unspecified atom stereocenters. The minimum absolute atomic E-state index is 0.101. The van der Waals surface area contributed by atoms with E-state index in [2.05, 4.69) is 20.6 Å². The van der Waals surface area contributed by atoms with E-state index in [0.717, 1.165) is 53.4 Å². The third-order valence-corrected chi connectivity index (χ3v) is 7.85. The number of aromatic amines is 1. The third kappa shape index (κ3) is 6.30. The van der Waals surface area contributed by atoms with E-state index in [0.29, 0.717) is 12.3 Å². The molecule has 2 aromatic carbocycles. The molecule has 39 heavy (non-hydrogen) atoms. The van der Waals surface area contributed by atoms with Crippen molar-refractivity contribution in [2.75, 3.05) is 0 Å². The maximum Gasteiger partial charge on any atom is 0.246 e. The first kappa shape index (κ1) is 26.5. The van der Waals surface area contributed by atoms with E-state index in [9.17, 15) is 14.7 Å². The highest BCUT2D eigenvalue weighted by molar-refractivity contribution is 5.93. The summed E-state index contributed by atoms with van der Waals surface area (Å²) in [7, 11) is 0. The van der Waals surface area contributed by atoms with Gasteiger partial charge in [-0.1, -0.05) is 55.7 Å². The lowest BCUT2D eigenvalue weighted by molar-refractivity contribution is -0.133. The average molecular weight is 525 g/mol. The summed E-state index contributed by atoms with van der Waals surface area (Å²) in [6.45, 7) is 1.80. The number of fused-ring (bicyclic) bond motifs is 1. The maximum atomic E-state index is 14.2. The van der Waals surface area contributed by atoms with Crippen molar-refractivity contribution >= 4 is 22.7 Å². The Bertz CT molecular complexity index is 1410. The molecule has 1 fully saturated rings. The highest BCUT2D eigenvalue weighted by atomic mass is 16.3. The van der Waals surface area contributed by atoms with Gasteiger partial charge in [-0.05, 0) is 67.1 Å². The van der Waals surface area contributed by atoms with Gasteiger partial charge in [0.15, 0.2) is 0 Å². The zero-order valence-corrected chi connectivity index (χ0v) is 22.3. The van der Waals surface area contributed by atoms with Crippen molar-refractivity contribution in [1.82, 2.24) is 20.6 Å². The zero-order chi connectivity index (χ0) is 27.2. The molecule has 5 rings (SSSR count). The molecule has 0 aliphatic heterocycles. The number of nitrogens with zero attached hydrogens (tertiary/aromatic N) is 1. The molecule has 1 saturated carbocycles. The second kappa shape index (κ2) is 11.7. The van der Waals surface area contributed by atoms with Crippen LogP contribution in [-0.4, -0.2) is 32.4 Å². The number of phenols is 1. The van der Waals surface area contributed by atoms with Crippen LogP contribution >= 0.6 is 0 Å². The summed E-state index contributed by atoms with van der Waals surface area (Å²) < 4.78 is 0. The predicted molar refractivity (Wildman–Crippen MR) is 152 cm³/mol. The average Bonchev–Trinajstić information content (AvgIpc) is 3.36. The first-order valence-corrected chi connectivity index (χ1v) is 13.8. The van der Waals surface area contributed by atoms with Crippen molar-refractivity contribution < 1.29 is 14.7 Å². The Kier molecular flexibility index (Phi) is 7.96. The number of hydrogen-bond donors (Lipinski definition) is 4. The number of benzene rings is 2. The van der Waals surface area contributed by atoms with Crippen molar-refractivity contribution in [3.05, 3.63) is 95.9 Å². The highest BCUT2D eigenvalue weighted by Crippen LogP contribution is 2.34. The molecule has 0 saturated heterocycles. The second-order valence-electron chi connectivity index (χ2n) is 10.9. The van der Waals surface area contributed by atoms with Gasteiger partial charge in [-0.15, -0.1) is 0 Å². The van der Waals surface area contributed by atoms with Crippen LogP contribution in [-0.2, 0) is 22.4 Å². The van der Waals surface area contributed by atoms with Gasteiger partial charge in [0.25, 0.3) is 0 Å². The molecule has 2 aromatic heterocycles. The quantitative estimate of drug-likeness (QED) is 0.236. The second-order valence-corrected chi connectivity index (χ2v) is 10.9. The number of carbonyl (C=O) groups excluding carboxylic acids is 2. The SMILES string of the molecule is CC(Cc1c[nH]c2ccccc12)(NC(=O)Cc1ccc(O)cc1)C(=O)NC(c1ccccn1)C1CCCCC1. The predicted octanol–water partition coefficient (Wildman–Crippen LogP) is 5.37. The molecule has 0 bridgehead atoms. The Morgan fingerprint density at radius 2 is 1.77 bits per heavy atom. The van der Waals surface area contributed by atoms with Crippen LogP contribution in [0.3, 0.4) is 0 Å². The van der Waals surface area contributed by atoms with Gasteiger partial charge in [-0.25, -0.2) is 0 Å². The fraction of sp³-hybridized carbons (Fsp3) is 0.344. The number of aromatic nitrogens is 2. The molecular weight excluding hydrogens is 488 g/mol. The summed E-state index contributed by atoms with van der Waals surface area (Å²) in [6.07, 6.45) is 9.67.